The summed E-state index contributed by atoms with van der Waals surface area (Å²) in [7, 11) is 4.57. The topological polar surface area (TPSA) is 9.86 Å². The van der Waals surface area contributed by atoms with Crippen molar-refractivity contribution < 1.29 is 0 Å². The molecule has 0 saturated heterocycles. The van der Waals surface area contributed by atoms with Crippen molar-refractivity contribution in [2.24, 2.45) is 14.1 Å². The van der Waals surface area contributed by atoms with E-state index in [0.717, 1.165) is 0 Å². The van der Waals surface area contributed by atoms with Crippen molar-refractivity contribution in [1.29, 1.82) is 0 Å². The SMILES string of the molecule is Cc1c(C)c(C)c2c(c1C)c1c(C)c(C)c(-c3c(C)c(C)c4c5c(C)c(C)c(C)c(C)c5n(C)c4c3C)c(C)c1n2C. The highest BCUT2D eigenvalue weighted by Crippen LogP contribution is 2.48. The van der Waals surface area contributed by atoms with Crippen LogP contribution in [0.3, 0.4) is 0 Å². The Morgan fingerprint density at radius 1 is 0.238 bits per heavy atom. The van der Waals surface area contributed by atoms with E-state index < -0.39 is 0 Å². The fourth-order valence-electron chi connectivity index (χ4n) is 8.74. The number of aromatic nitrogens is 2. The van der Waals surface area contributed by atoms with Crippen molar-refractivity contribution in [3.8, 4) is 11.1 Å². The second-order valence-electron chi connectivity index (χ2n) is 13.5. The quantitative estimate of drug-likeness (QED) is 0.191. The van der Waals surface area contributed by atoms with Gasteiger partial charge in [0.25, 0.3) is 0 Å². The first-order valence-electron chi connectivity index (χ1n) is 15.5. The minimum atomic E-state index is 1.38. The first-order chi connectivity index (χ1) is 19.6. The van der Waals surface area contributed by atoms with Crippen LogP contribution in [0.5, 0.6) is 0 Å². The van der Waals surface area contributed by atoms with Gasteiger partial charge in [-0.3, -0.25) is 0 Å². The smallest absolute Gasteiger partial charge is 0.0527 e. The second kappa shape index (κ2) is 8.99. The fraction of sp³-hybridized carbons (Fsp3) is 0.400. The standard InChI is InChI=1S/C40H48N2/c1-17-19(3)27(11)37-33(21(17)5)35-25(9)23(7)31(29(13)39(35)41(37)15)32-24(8)26(10)36-34-22(6)18(2)20(4)28(12)38(34)42(16)40(36)30(32)14/h1-16H3. The lowest BCUT2D eigenvalue weighted by Gasteiger charge is -2.22. The van der Waals surface area contributed by atoms with Gasteiger partial charge in [0, 0.05) is 35.6 Å². The molecule has 2 heteroatoms. The Morgan fingerprint density at radius 3 is 0.738 bits per heavy atom. The molecule has 0 aliphatic heterocycles. The molecule has 2 nitrogen and oxygen atoms in total. The van der Waals surface area contributed by atoms with E-state index >= 15 is 0 Å². The zero-order chi connectivity index (χ0) is 31.0. The van der Waals surface area contributed by atoms with Crippen LogP contribution in [-0.4, -0.2) is 9.13 Å². The predicted octanol–water partition coefficient (Wildman–Crippen LogP) is 11.0. The van der Waals surface area contributed by atoms with Gasteiger partial charge in [-0.15, -0.1) is 0 Å². The van der Waals surface area contributed by atoms with Gasteiger partial charge in [0.15, 0.2) is 0 Å². The number of benzene rings is 4. The minimum Gasteiger partial charge on any atom is -0.343 e. The third-order valence-electron chi connectivity index (χ3n) is 12.0. The molecule has 0 fully saturated rings. The maximum atomic E-state index is 2.50. The van der Waals surface area contributed by atoms with Crippen LogP contribution in [0.2, 0.25) is 0 Å². The highest BCUT2D eigenvalue weighted by Gasteiger charge is 2.27. The van der Waals surface area contributed by atoms with E-state index in [-0.39, 0.29) is 0 Å². The monoisotopic (exact) mass is 556 g/mol. The van der Waals surface area contributed by atoms with Gasteiger partial charge in [-0.2, -0.15) is 0 Å². The van der Waals surface area contributed by atoms with E-state index in [1.807, 2.05) is 0 Å². The summed E-state index contributed by atoms with van der Waals surface area (Å²) in [6.45, 7) is 32.6. The van der Waals surface area contributed by atoms with Gasteiger partial charge in [-0.1, -0.05) is 0 Å². The van der Waals surface area contributed by atoms with E-state index in [1.165, 1.54) is 133 Å². The van der Waals surface area contributed by atoms with Gasteiger partial charge >= 0.3 is 0 Å². The van der Waals surface area contributed by atoms with E-state index in [0.29, 0.717) is 0 Å². The highest BCUT2D eigenvalue weighted by molar-refractivity contribution is 6.18. The summed E-state index contributed by atoms with van der Waals surface area (Å²) < 4.78 is 4.99. The van der Waals surface area contributed by atoms with Crippen LogP contribution in [0.1, 0.15) is 77.9 Å². The predicted molar refractivity (Wildman–Crippen MR) is 186 cm³/mol. The van der Waals surface area contributed by atoms with Crippen LogP contribution < -0.4 is 0 Å². The van der Waals surface area contributed by atoms with Crippen LogP contribution in [0.25, 0.3) is 54.7 Å². The van der Waals surface area contributed by atoms with E-state index in [9.17, 15) is 0 Å². The molecule has 0 radical (unpaired) electrons. The molecular weight excluding hydrogens is 508 g/mol. The molecule has 0 atom stereocenters. The summed E-state index contributed by atoms with van der Waals surface area (Å²) in [5.74, 6) is 0. The maximum absolute atomic E-state index is 2.50. The molecule has 2 aromatic heterocycles. The number of fused-ring (bicyclic) bond motifs is 6. The van der Waals surface area contributed by atoms with Gasteiger partial charge in [-0.05, 0) is 186 Å². The first kappa shape index (κ1) is 28.6. The van der Waals surface area contributed by atoms with Crippen molar-refractivity contribution in [1.82, 2.24) is 9.13 Å². The minimum absolute atomic E-state index is 1.38. The van der Waals surface area contributed by atoms with E-state index in [4.69, 9.17) is 0 Å². The summed E-state index contributed by atoms with van der Waals surface area (Å²) in [4.78, 5) is 0. The zero-order valence-corrected chi connectivity index (χ0v) is 28.9. The maximum Gasteiger partial charge on any atom is 0.0527 e. The summed E-state index contributed by atoms with van der Waals surface area (Å²) >= 11 is 0. The van der Waals surface area contributed by atoms with Crippen LogP contribution in [-0.2, 0) is 14.1 Å². The molecule has 0 aliphatic rings. The van der Waals surface area contributed by atoms with Crippen molar-refractivity contribution in [3.63, 3.8) is 0 Å². The van der Waals surface area contributed by atoms with Crippen LogP contribution in [0.15, 0.2) is 0 Å². The summed E-state index contributed by atoms with van der Waals surface area (Å²) in [5.41, 5.74) is 28.1. The van der Waals surface area contributed by atoms with Gasteiger partial charge in [0.2, 0.25) is 0 Å². The molecule has 0 amide bonds. The Kier molecular flexibility index (Phi) is 6.12. The number of rotatable bonds is 1. The van der Waals surface area contributed by atoms with Crippen LogP contribution in [0.4, 0.5) is 0 Å². The van der Waals surface area contributed by atoms with Crippen LogP contribution >= 0.6 is 0 Å². The fourth-order valence-corrected chi connectivity index (χ4v) is 8.74. The Hall–Kier alpha value is -3.52. The Bertz CT molecular complexity index is 2060. The van der Waals surface area contributed by atoms with Gasteiger partial charge in [0.05, 0.1) is 22.1 Å². The molecule has 0 spiro atoms. The van der Waals surface area contributed by atoms with E-state index in [2.05, 4.69) is 120 Å². The molecule has 218 valence electrons. The van der Waals surface area contributed by atoms with Crippen molar-refractivity contribution >= 4 is 43.6 Å². The summed E-state index contributed by atoms with van der Waals surface area (Å²) in [6.07, 6.45) is 0. The molecule has 0 N–H and O–H groups in total. The molecule has 0 saturated carbocycles. The second-order valence-corrected chi connectivity index (χ2v) is 13.5. The lowest BCUT2D eigenvalue weighted by atomic mass is 9.82. The Balaban J connectivity index is 1.86. The average molecular weight is 557 g/mol. The van der Waals surface area contributed by atoms with E-state index in [1.54, 1.807) is 0 Å². The molecule has 0 bridgehead atoms. The normalized spacial score (nSPS) is 12.3. The molecule has 6 aromatic rings. The zero-order valence-electron chi connectivity index (χ0n) is 28.9. The number of aryl methyl sites for hydroxylation is 10. The summed E-state index contributed by atoms with van der Waals surface area (Å²) in [6, 6.07) is 0. The highest BCUT2D eigenvalue weighted by atomic mass is 15.0. The van der Waals surface area contributed by atoms with Crippen molar-refractivity contribution in [3.05, 3.63) is 77.9 Å². The lowest BCUT2D eigenvalue weighted by molar-refractivity contribution is 0.995. The van der Waals surface area contributed by atoms with Gasteiger partial charge < -0.3 is 9.13 Å². The molecular formula is C40H48N2. The van der Waals surface area contributed by atoms with Gasteiger partial charge in [-0.25, -0.2) is 0 Å². The summed E-state index contributed by atoms with van der Waals surface area (Å²) in [5, 5.41) is 5.75. The molecule has 4 aromatic carbocycles. The third-order valence-corrected chi connectivity index (χ3v) is 12.0. The number of nitrogens with zero attached hydrogens (tertiary/aromatic N) is 2. The molecule has 0 aliphatic carbocycles. The average Bonchev–Trinajstić information content (AvgIpc) is 3.44. The largest absolute Gasteiger partial charge is 0.343 e. The van der Waals surface area contributed by atoms with Crippen molar-refractivity contribution in [2.45, 2.75) is 96.9 Å². The van der Waals surface area contributed by atoms with Crippen molar-refractivity contribution in [2.75, 3.05) is 0 Å². The number of hydrogen-bond donors (Lipinski definition) is 0. The Morgan fingerprint density at radius 2 is 0.452 bits per heavy atom. The molecule has 2 heterocycles. The lowest BCUT2D eigenvalue weighted by Crippen LogP contribution is -2.03. The molecule has 0 unspecified atom stereocenters. The van der Waals surface area contributed by atoms with Crippen LogP contribution in [0, 0.1) is 96.9 Å². The molecule has 6 rings (SSSR count). The third kappa shape index (κ3) is 3.16. The Labute approximate surface area is 252 Å². The molecule has 42 heavy (non-hydrogen) atoms. The van der Waals surface area contributed by atoms with Gasteiger partial charge in [0.1, 0.15) is 0 Å². The first-order valence-corrected chi connectivity index (χ1v) is 15.5. The number of hydrogen-bond acceptors (Lipinski definition) is 0.